The normalized spacial score (nSPS) is 17.0. The molecule has 0 bridgehead atoms. The molecule has 1 saturated heterocycles. The van der Waals surface area contributed by atoms with Crippen LogP contribution in [0.3, 0.4) is 0 Å². The third-order valence-corrected chi connectivity index (χ3v) is 5.39. The monoisotopic (exact) mass is 493 g/mol. The third-order valence-electron chi connectivity index (χ3n) is 4.84. The molecule has 142 valence electrons. The standard InChI is InChI=1S/C18H14F2IN7/c19-12-3-4-15(20)24-17(12)13-2-1-6-26(13)16-5-7-27-18(25-16)14(9-23-27)28-10-11(21)8-22-28/h3-5,7-10,13H,1-2,6H2. The maximum absolute atomic E-state index is 14.3. The summed E-state index contributed by atoms with van der Waals surface area (Å²) in [4.78, 5) is 10.5. The zero-order chi connectivity index (χ0) is 19.3. The molecule has 1 fully saturated rings. The number of anilines is 1. The third kappa shape index (κ3) is 2.91. The van der Waals surface area contributed by atoms with Crippen LogP contribution >= 0.6 is 22.6 Å². The first-order valence-electron chi connectivity index (χ1n) is 8.74. The van der Waals surface area contributed by atoms with Gasteiger partial charge in [0, 0.05) is 18.9 Å². The van der Waals surface area contributed by atoms with Crippen LogP contribution in [0.5, 0.6) is 0 Å². The van der Waals surface area contributed by atoms with Gasteiger partial charge in [0.15, 0.2) is 5.65 Å². The molecule has 0 saturated carbocycles. The smallest absolute Gasteiger partial charge is 0.213 e. The molecule has 28 heavy (non-hydrogen) atoms. The topological polar surface area (TPSA) is 64.1 Å². The Morgan fingerprint density at radius 1 is 1.07 bits per heavy atom. The van der Waals surface area contributed by atoms with Crippen molar-refractivity contribution in [1.29, 1.82) is 0 Å². The quantitative estimate of drug-likeness (QED) is 0.323. The van der Waals surface area contributed by atoms with Gasteiger partial charge in [0.1, 0.15) is 23.0 Å². The average Bonchev–Trinajstić information content (AvgIpc) is 3.42. The van der Waals surface area contributed by atoms with Crippen molar-refractivity contribution in [3.05, 3.63) is 64.0 Å². The first-order valence-corrected chi connectivity index (χ1v) is 9.81. The zero-order valence-corrected chi connectivity index (χ0v) is 16.7. The van der Waals surface area contributed by atoms with Crippen LogP contribution in [0.15, 0.2) is 43.0 Å². The minimum absolute atomic E-state index is 0.120. The zero-order valence-electron chi connectivity index (χ0n) is 14.5. The predicted octanol–water partition coefficient (Wildman–Crippen LogP) is 3.53. The van der Waals surface area contributed by atoms with Crippen molar-refractivity contribution in [2.24, 2.45) is 0 Å². The Morgan fingerprint density at radius 3 is 2.79 bits per heavy atom. The Morgan fingerprint density at radius 2 is 1.96 bits per heavy atom. The van der Waals surface area contributed by atoms with Gasteiger partial charge in [-0.2, -0.15) is 14.6 Å². The molecule has 4 aromatic rings. The minimum Gasteiger partial charge on any atom is -0.348 e. The van der Waals surface area contributed by atoms with E-state index in [-0.39, 0.29) is 11.7 Å². The highest BCUT2D eigenvalue weighted by molar-refractivity contribution is 14.1. The second-order valence-electron chi connectivity index (χ2n) is 6.54. The molecule has 1 aliphatic heterocycles. The summed E-state index contributed by atoms with van der Waals surface area (Å²) in [6.07, 6.45) is 8.67. The fourth-order valence-corrected chi connectivity index (χ4v) is 3.98. The predicted molar refractivity (Wildman–Crippen MR) is 106 cm³/mol. The Bertz CT molecular complexity index is 1170. The van der Waals surface area contributed by atoms with E-state index in [1.807, 2.05) is 17.2 Å². The van der Waals surface area contributed by atoms with Crippen LogP contribution in [0, 0.1) is 15.3 Å². The van der Waals surface area contributed by atoms with Gasteiger partial charge in [-0.1, -0.05) is 0 Å². The number of hydrogen-bond acceptors (Lipinski definition) is 5. The van der Waals surface area contributed by atoms with Gasteiger partial charge >= 0.3 is 0 Å². The van der Waals surface area contributed by atoms with Crippen LogP contribution in [0.2, 0.25) is 0 Å². The van der Waals surface area contributed by atoms with E-state index in [1.165, 1.54) is 0 Å². The highest BCUT2D eigenvalue weighted by atomic mass is 127. The molecule has 4 aromatic heterocycles. The van der Waals surface area contributed by atoms with Crippen LogP contribution in [-0.2, 0) is 0 Å². The highest BCUT2D eigenvalue weighted by Crippen LogP contribution is 2.35. The number of rotatable bonds is 3. The van der Waals surface area contributed by atoms with Gasteiger partial charge in [0.25, 0.3) is 0 Å². The van der Waals surface area contributed by atoms with Crippen LogP contribution in [0.1, 0.15) is 24.6 Å². The van der Waals surface area contributed by atoms with Gasteiger partial charge in [-0.05, 0) is 53.6 Å². The van der Waals surface area contributed by atoms with Gasteiger partial charge in [-0.3, -0.25) is 0 Å². The van der Waals surface area contributed by atoms with Crippen molar-refractivity contribution in [3.63, 3.8) is 0 Å². The fourth-order valence-electron chi connectivity index (χ4n) is 3.59. The van der Waals surface area contributed by atoms with Gasteiger partial charge in [-0.25, -0.2) is 23.6 Å². The molecular weight excluding hydrogens is 479 g/mol. The van der Waals surface area contributed by atoms with Crippen LogP contribution in [0.4, 0.5) is 14.6 Å². The summed E-state index contributed by atoms with van der Waals surface area (Å²) in [7, 11) is 0. The molecule has 5 rings (SSSR count). The average molecular weight is 493 g/mol. The first kappa shape index (κ1) is 17.5. The summed E-state index contributed by atoms with van der Waals surface area (Å²) in [5.74, 6) is -0.516. The van der Waals surface area contributed by atoms with Crippen LogP contribution in [-0.4, -0.2) is 35.9 Å². The number of hydrogen-bond donors (Lipinski definition) is 0. The minimum atomic E-state index is -0.682. The van der Waals surface area contributed by atoms with E-state index in [0.29, 0.717) is 24.4 Å². The Labute approximate surface area is 172 Å². The van der Waals surface area contributed by atoms with E-state index in [0.717, 1.165) is 27.8 Å². The lowest BCUT2D eigenvalue weighted by atomic mass is 10.1. The molecule has 7 nitrogen and oxygen atoms in total. The number of halogens is 3. The van der Waals surface area contributed by atoms with Crippen molar-refractivity contribution in [2.75, 3.05) is 11.4 Å². The van der Waals surface area contributed by atoms with E-state index in [4.69, 9.17) is 4.98 Å². The molecule has 5 heterocycles. The Kier molecular flexibility index (Phi) is 4.22. The van der Waals surface area contributed by atoms with Crippen LogP contribution in [0.25, 0.3) is 11.3 Å². The summed E-state index contributed by atoms with van der Waals surface area (Å²) in [6, 6.07) is 3.63. The largest absolute Gasteiger partial charge is 0.348 e. The van der Waals surface area contributed by atoms with Crippen molar-refractivity contribution >= 4 is 34.1 Å². The van der Waals surface area contributed by atoms with Crippen molar-refractivity contribution in [1.82, 2.24) is 29.4 Å². The molecule has 0 aromatic carbocycles. The molecule has 1 unspecified atom stereocenters. The van der Waals surface area contributed by atoms with Gasteiger partial charge < -0.3 is 4.90 Å². The van der Waals surface area contributed by atoms with E-state index in [2.05, 4.69) is 37.8 Å². The number of fused-ring (bicyclic) bond motifs is 1. The number of aromatic nitrogens is 6. The molecule has 0 amide bonds. The lowest BCUT2D eigenvalue weighted by Gasteiger charge is -2.25. The molecule has 10 heteroatoms. The molecule has 0 spiro atoms. The lowest BCUT2D eigenvalue weighted by Crippen LogP contribution is -2.25. The summed E-state index contributed by atoms with van der Waals surface area (Å²) in [5.41, 5.74) is 1.50. The maximum atomic E-state index is 14.3. The Balaban J connectivity index is 1.57. The van der Waals surface area contributed by atoms with Gasteiger partial charge in [-0.15, -0.1) is 0 Å². The maximum Gasteiger partial charge on any atom is 0.213 e. The van der Waals surface area contributed by atoms with E-state index >= 15 is 0 Å². The van der Waals surface area contributed by atoms with E-state index in [1.54, 1.807) is 27.8 Å². The summed E-state index contributed by atoms with van der Waals surface area (Å²) in [6.45, 7) is 0.689. The fraction of sp³-hybridized carbons (Fsp3) is 0.222. The number of pyridine rings is 1. The summed E-state index contributed by atoms with van der Waals surface area (Å²) in [5, 5.41) is 8.65. The summed E-state index contributed by atoms with van der Waals surface area (Å²) < 4.78 is 32.3. The van der Waals surface area contributed by atoms with Crippen molar-refractivity contribution in [2.45, 2.75) is 18.9 Å². The van der Waals surface area contributed by atoms with E-state index < -0.39 is 11.8 Å². The SMILES string of the molecule is Fc1ccc(F)c(C2CCCN2c2ccn3ncc(-n4cc(I)cn4)c3n2)n1. The van der Waals surface area contributed by atoms with E-state index in [9.17, 15) is 8.78 Å². The Hall–Kier alpha value is -2.63. The first-order chi connectivity index (χ1) is 13.6. The number of nitrogens with zero attached hydrogens (tertiary/aromatic N) is 7. The molecule has 1 atom stereocenters. The van der Waals surface area contributed by atoms with Crippen molar-refractivity contribution < 1.29 is 8.78 Å². The van der Waals surface area contributed by atoms with Crippen LogP contribution < -0.4 is 4.90 Å². The summed E-state index contributed by atoms with van der Waals surface area (Å²) >= 11 is 2.19. The second kappa shape index (κ2) is 6.76. The molecular formula is C18H14F2IN7. The van der Waals surface area contributed by atoms with Gasteiger partial charge in [0.2, 0.25) is 5.95 Å². The molecule has 0 N–H and O–H groups in total. The molecule has 0 radical (unpaired) electrons. The molecule has 0 aliphatic carbocycles. The second-order valence-corrected chi connectivity index (χ2v) is 7.78. The lowest BCUT2D eigenvalue weighted by molar-refractivity contribution is 0.518. The van der Waals surface area contributed by atoms with Crippen molar-refractivity contribution in [3.8, 4) is 5.69 Å². The molecule has 1 aliphatic rings. The van der Waals surface area contributed by atoms with Gasteiger partial charge in [0.05, 0.1) is 22.0 Å². The highest BCUT2D eigenvalue weighted by Gasteiger charge is 2.31.